The molecule has 0 aromatic rings. The highest BCUT2D eigenvalue weighted by molar-refractivity contribution is 5.97. The molecule has 0 amide bonds. The second-order valence-electron chi connectivity index (χ2n) is 5.94. The van der Waals surface area contributed by atoms with Crippen LogP contribution in [0.4, 0.5) is 0 Å². The van der Waals surface area contributed by atoms with Gasteiger partial charge in [0.25, 0.3) is 0 Å². The number of ether oxygens (including phenoxy) is 2. The van der Waals surface area contributed by atoms with E-state index < -0.39 is 11.9 Å². The Labute approximate surface area is 135 Å². The fraction of sp³-hybridized carbons (Fsp3) is 0.529. The fourth-order valence-electron chi connectivity index (χ4n) is 3.09. The number of fused-ring (bicyclic) bond motifs is 1. The van der Waals surface area contributed by atoms with Crippen LogP contribution in [-0.4, -0.2) is 42.0 Å². The molecule has 2 N–H and O–H groups in total. The van der Waals surface area contributed by atoms with Gasteiger partial charge in [0.2, 0.25) is 0 Å². The third kappa shape index (κ3) is 3.47. The number of aliphatic hydroxyl groups is 1. The topological polar surface area (TPSA) is 93.1 Å². The molecule has 1 heterocycles. The maximum Gasteiger partial charge on any atom is 0.342 e. The smallest absolute Gasteiger partial charge is 0.342 e. The van der Waals surface area contributed by atoms with E-state index in [1.165, 1.54) is 0 Å². The number of allylic oxidation sites excluding steroid dienone is 2. The zero-order valence-corrected chi connectivity index (χ0v) is 13.6. The van der Waals surface area contributed by atoms with Crippen molar-refractivity contribution in [1.82, 2.24) is 0 Å². The molecule has 23 heavy (non-hydrogen) atoms. The van der Waals surface area contributed by atoms with Crippen molar-refractivity contribution in [2.75, 3.05) is 13.7 Å². The van der Waals surface area contributed by atoms with Gasteiger partial charge in [0.05, 0.1) is 12.0 Å². The molecular weight excluding hydrogens is 300 g/mol. The second-order valence-corrected chi connectivity index (χ2v) is 5.94. The van der Waals surface area contributed by atoms with E-state index in [1.54, 1.807) is 7.11 Å². The number of cyclic esters (lactones) is 1. The average Bonchev–Trinajstić information content (AvgIpc) is 2.89. The number of aliphatic hydroxyl groups excluding tert-OH is 1. The van der Waals surface area contributed by atoms with E-state index in [0.29, 0.717) is 18.4 Å². The summed E-state index contributed by atoms with van der Waals surface area (Å²) in [5, 5.41) is 19.2. The summed E-state index contributed by atoms with van der Waals surface area (Å²) in [6, 6.07) is 0. The molecule has 0 spiro atoms. The number of hydrogen-bond donors (Lipinski definition) is 2. The van der Waals surface area contributed by atoms with Crippen molar-refractivity contribution in [2.24, 2.45) is 5.92 Å². The third-order valence-electron chi connectivity index (χ3n) is 4.44. The van der Waals surface area contributed by atoms with Crippen molar-refractivity contribution in [3.8, 4) is 0 Å². The molecule has 2 atom stereocenters. The van der Waals surface area contributed by atoms with Gasteiger partial charge in [-0.15, -0.1) is 0 Å². The maximum atomic E-state index is 11.8. The van der Waals surface area contributed by atoms with E-state index in [4.69, 9.17) is 14.6 Å². The maximum absolute atomic E-state index is 11.8. The summed E-state index contributed by atoms with van der Waals surface area (Å²) < 4.78 is 10.5. The summed E-state index contributed by atoms with van der Waals surface area (Å²) >= 11 is 0. The first-order valence-electron chi connectivity index (χ1n) is 7.57. The summed E-state index contributed by atoms with van der Waals surface area (Å²) in [6.07, 6.45) is 2.57. The Hall–Kier alpha value is -2.08. The van der Waals surface area contributed by atoms with Crippen LogP contribution >= 0.6 is 0 Å². The Bertz CT molecular complexity index is 611. The molecule has 126 valence electrons. The first-order chi connectivity index (χ1) is 10.9. The van der Waals surface area contributed by atoms with Gasteiger partial charge in [-0.05, 0) is 32.3 Å². The van der Waals surface area contributed by atoms with Crippen LogP contribution in [0.5, 0.6) is 0 Å². The number of methoxy groups -OCH3 is 1. The lowest BCUT2D eigenvalue weighted by Crippen LogP contribution is -2.31. The molecule has 0 saturated carbocycles. The zero-order valence-electron chi connectivity index (χ0n) is 13.6. The molecule has 2 aliphatic rings. The number of esters is 1. The monoisotopic (exact) mass is 322 g/mol. The molecular formula is C17H22O6. The standard InChI is InChI=1S/C17H22O6/c1-9(5-7-13(18)19)4-6-11-15(20)14-12(8-23-17(14)21)10(2)16(11)22-3/h4,11,16,20H,5-8H2,1-3H3,(H,18,19)/b9-4+. The number of carboxylic acids is 1. The van der Waals surface area contributed by atoms with Crippen molar-refractivity contribution in [3.63, 3.8) is 0 Å². The fourth-order valence-corrected chi connectivity index (χ4v) is 3.09. The molecule has 1 fully saturated rings. The van der Waals surface area contributed by atoms with E-state index in [-0.39, 0.29) is 36.4 Å². The van der Waals surface area contributed by atoms with Crippen molar-refractivity contribution in [2.45, 2.75) is 39.2 Å². The Balaban J connectivity index is 2.22. The molecule has 2 rings (SSSR count). The Kier molecular flexibility index (Phi) is 5.26. The Morgan fingerprint density at radius 1 is 1.43 bits per heavy atom. The lowest BCUT2D eigenvalue weighted by atomic mass is 9.80. The Morgan fingerprint density at radius 3 is 2.74 bits per heavy atom. The SMILES string of the molecule is COC1C(C)=C2COC(=O)C2=C(O)C1C/C=C(\C)CCC(=O)O. The molecule has 1 aliphatic heterocycles. The molecule has 0 bridgehead atoms. The van der Waals surface area contributed by atoms with Gasteiger partial charge in [-0.25, -0.2) is 4.79 Å². The number of carbonyl (C=O) groups excluding carboxylic acids is 1. The minimum absolute atomic E-state index is 0.00207. The highest BCUT2D eigenvalue weighted by Gasteiger charge is 2.41. The average molecular weight is 322 g/mol. The molecule has 6 nitrogen and oxygen atoms in total. The second kappa shape index (κ2) is 7.00. The van der Waals surface area contributed by atoms with Gasteiger partial charge >= 0.3 is 11.9 Å². The van der Waals surface area contributed by atoms with Crippen LogP contribution in [0.3, 0.4) is 0 Å². The van der Waals surface area contributed by atoms with Crippen molar-refractivity contribution < 1.29 is 29.3 Å². The van der Waals surface area contributed by atoms with Gasteiger partial charge in [-0.3, -0.25) is 4.79 Å². The summed E-state index contributed by atoms with van der Waals surface area (Å²) in [5.41, 5.74) is 2.80. The summed E-state index contributed by atoms with van der Waals surface area (Å²) in [5.74, 6) is -1.71. The predicted octanol–water partition coefficient (Wildman–Crippen LogP) is 2.52. The zero-order chi connectivity index (χ0) is 17.1. The molecule has 2 unspecified atom stereocenters. The Morgan fingerprint density at radius 2 is 2.13 bits per heavy atom. The van der Waals surface area contributed by atoms with E-state index in [1.807, 2.05) is 19.9 Å². The normalized spacial score (nSPS) is 24.8. The molecule has 6 heteroatoms. The van der Waals surface area contributed by atoms with E-state index in [0.717, 1.165) is 11.1 Å². The van der Waals surface area contributed by atoms with Gasteiger partial charge < -0.3 is 19.7 Å². The van der Waals surface area contributed by atoms with Crippen LogP contribution in [-0.2, 0) is 19.1 Å². The van der Waals surface area contributed by atoms with Crippen molar-refractivity contribution in [1.29, 1.82) is 0 Å². The number of rotatable bonds is 6. The summed E-state index contributed by atoms with van der Waals surface area (Å²) in [4.78, 5) is 22.4. The van der Waals surface area contributed by atoms with E-state index in [9.17, 15) is 14.7 Å². The van der Waals surface area contributed by atoms with Crippen LogP contribution in [0.15, 0.2) is 34.1 Å². The lowest BCUT2D eigenvalue weighted by Gasteiger charge is -2.31. The first-order valence-corrected chi connectivity index (χ1v) is 7.57. The first kappa shape index (κ1) is 17.3. The van der Waals surface area contributed by atoms with Crippen molar-refractivity contribution >= 4 is 11.9 Å². The quantitative estimate of drug-likeness (QED) is 0.576. The molecule has 0 aromatic heterocycles. The van der Waals surface area contributed by atoms with Gasteiger partial charge in [0, 0.05) is 19.1 Å². The van der Waals surface area contributed by atoms with Crippen LogP contribution in [0.25, 0.3) is 0 Å². The molecule has 0 aromatic carbocycles. The summed E-state index contributed by atoms with van der Waals surface area (Å²) in [6.45, 7) is 3.91. The molecule has 1 aliphatic carbocycles. The molecule has 0 radical (unpaired) electrons. The van der Waals surface area contributed by atoms with Gasteiger partial charge in [-0.2, -0.15) is 0 Å². The number of carboxylic acid groups (broad SMARTS) is 1. The number of aliphatic carboxylic acids is 1. The highest BCUT2D eigenvalue weighted by atomic mass is 16.5. The van der Waals surface area contributed by atoms with Crippen LogP contribution in [0.2, 0.25) is 0 Å². The van der Waals surface area contributed by atoms with Crippen molar-refractivity contribution in [3.05, 3.63) is 34.1 Å². The highest BCUT2D eigenvalue weighted by Crippen LogP contribution is 2.40. The minimum atomic E-state index is -0.840. The summed E-state index contributed by atoms with van der Waals surface area (Å²) in [7, 11) is 1.57. The van der Waals surface area contributed by atoms with E-state index >= 15 is 0 Å². The van der Waals surface area contributed by atoms with Crippen LogP contribution in [0.1, 0.15) is 33.1 Å². The molecule has 1 saturated heterocycles. The van der Waals surface area contributed by atoms with Crippen LogP contribution < -0.4 is 0 Å². The third-order valence-corrected chi connectivity index (χ3v) is 4.44. The minimum Gasteiger partial charge on any atom is -0.511 e. The predicted molar refractivity (Wildman–Crippen MR) is 82.8 cm³/mol. The largest absolute Gasteiger partial charge is 0.511 e. The number of hydrogen-bond acceptors (Lipinski definition) is 5. The van der Waals surface area contributed by atoms with Gasteiger partial charge in [0.1, 0.15) is 17.9 Å². The van der Waals surface area contributed by atoms with Gasteiger partial charge in [0.15, 0.2) is 0 Å². The van der Waals surface area contributed by atoms with Gasteiger partial charge in [-0.1, -0.05) is 11.6 Å². The van der Waals surface area contributed by atoms with E-state index in [2.05, 4.69) is 0 Å². The van der Waals surface area contributed by atoms with Crippen LogP contribution in [0, 0.1) is 5.92 Å². The number of carbonyl (C=O) groups is 2. The lowest BCUT2D eigenvalue weighted by molar-refractivity contribution is -0.137.